The normalized spacial score (nSPS) is 10.6. The second-order valence-electron chi connectivity index (χ2n) is 3.62. The summed E-state index contributed by atoms with van der Waals surface area (Å²) in [5.74, 6) is 0. The lowest BCUT2D eigenvalue weighted by Gasteiger charge is -2.02. The lowest BCUT2D eigenvalue weighted by atomic mass is 10.1. The molecule has 0 aliphatic carbocycles. The molecule has 0 amide bonds. The van der Waals surface area contributed by atoms with Crippen molar-refractivity contribution in [2.45, 2.75) is 13.5 Å². The van der Waals surface area contributed by atoms with Crippen LogP contribution in [0.5, 0.6) is 0 Å². The van der Waals surface area contributed by atoms with Crippen LogP contribution in [0.15, 0.2) is 30.5 Å². The number of hydrogen-bond acceptors (Lipinski definition) is 2. The maximum Gasteiger partial charge on any atom is 0.0681 e. The minimum Gasteiger partial charge on any atom is -0.392 e. The quantitative estimate of drug-likeness (QED) is 0.807. The Morgan fingerprint density at radius 2 is 1.93 bits per heavy atom. The molecule has 0 aliphatic heterocycles. The summed E-state index contributed by atoms with van der Waals surface area (Å²) in [5, 5.41) is 13.1. The minimum atomic E-state index is 0.0896. The van der Waals surface area contributed by atoms with Crippen LogP contribution in [0.3, 0.4) is 0 Å². The van der Waals surface area contributed by atoms with Crippen LogP contribution >= 0.6 is 0 Å². The van der Waals surface area contributed by atoms with Gasteiger partial charge in [-0.3, -0.25) is 4.68 Å². The van der Waals surface area contributed by atoms with Crippen LogP contribution in [-0.4, -0.2) is 14.9 Å². The lowest BCUT2D eigenvalue weighted by Crippen LogP contribution is -1.92. The Morgan fingerprint density at radius 3 is 2.40 bits per heavy atom. The molecule has 0 atom stereocenters. The van der Waals surface area contributed by atoms with Crippen molar-refractivity contribution in [3.05, 3.63) is 41.7 Å². The third-order valence-corrected chi connectivity index (χ3v) is 2.68. The Kier molecular flexibility index (Phi) is 2.56. The number of rotatable bonds is 2. The smallest absolute Gasteiger partial charge is 0.0681 e. The van der Waals surface area contributed by atoms with Gasteiger partial charge in [-0.25, -0.2) is 0 Å². The number of benzene rings is 1. The zero-order chi connectivity index (χ0) is 10.8. The second kappa shape index (κ2) is 3.87. The molecule has 78 valence electrons. The molecule has 2 aromatic rings. The first-order valence-corrected chi connectivity index (χ1v) is 4.91. The third-order valence-electron chi connectivity index (χ3n) is 2.68. The predicted octanol–water partition coefficient (Wildman–Crippen LogP) is 1.89. The highest BCUT2D eigenvalue weighted by molar-refractivity contribution is 5.65. The molecule has 0 saturated carbocycles. The van der Waals surface area contributed by atoms with Gasteiger partial charge in [-0.2, -0.15) is 5.10 Å². The van der Waals surface area contributed by atoms with Crippen molar-refractivity contribution < 1.29 is 5.11 Å². The SMILES string of the molecule is Cc1c(-c2ccc(CO)cc2)cnn1C. The van der Waals surface area contributed by atoms with Crippen LogP contribution < -0.4 is 0 Å². The van der Waals surface area contributed by atoms with Crippen molar-refractivity contribution >= 4 is 0 Å². The van der Waals surface area contributed by atoms with Gasteiger partial charge in [0.25, 0.3) is 0 Å². The molecule has 0 radical (unpaired) electrons. The summed E-state index contributed by atoms with van der Waals surface area (Å²) in [6.07, 6.45) is 1.86. The van der Waals surface area contributed by atoms with E-state index in [0.717, 1.165) is 22.4 Å². The number of aliphatic hydroxyl groups is 1. The molecule has 15 heavy (non-hydrogen) atoms. The van der Waals surface area contributed by atoms with E-state index in [1.54, 1.807) is 0 Å². The van der Waals surface area contributed by atoms with E-state index in [0.29, 0.717) is 0 Å². The average molecular weight is 202 g/mol. The summed E-state index contributed by atoms with van der Waals surface area (Å²) in [7, 11) is 1.93. The number of aryl methyl sites for hydroxylation is 1. The van der Waals surface area contributed by atoms with E-state index in [4.69, 9.17) is 5.11 Å². The van der Waals surface area contributed by atoms with E-state index in [1.807, 2.05) is 49.1 Å². The molecule has 3 heteroatoms. The van der Waals surface area contributed by atoms with Gasteiger partial charge >= 0.3 is 0 Å². The number of aliphatic hydroxyl groups excluding tert-OH is 1. The first kappa shape index (κ1) is 9.93. The third kappa shape index (κ3) is 1.78. The van der Waals surface area contributed by atoms with Crippen molar-refractivity contribution in [2.75, 3.05) is 0 Å². The summed E-state index contributed by atoms with van der Waals surface area (Å²) in [4.78, 5) is 0. The average Bonchev–Trinajstić information content (AvgIpc) is 2.60. The molecule has 1 N–H and O–H groups in total. The topological polar surface area (TPSA) is 38.1 Å². The molecule has 1 aromatic heterocycles. The van der Waals surface area contributed by atoms with Crippen molar-refractivity contribution in [1.82, 2.24) is 9.78 Å². The van der Waals surface area contributed by atoms with Gasteiger partial charge in [0, 0.05) is 18.3 Å². The number of aromatic nitrogens is 2. The van der Waals surface area contributed by atoms with Gasteiger partial charge in [-0.1, -0.05) is 24.3 Å². The predicted molar refractivity (Wildman–Crippen MR) is 59.3 cm³/mol. The van der Waals surface area contributed by atoms with Crippen LogP contribution in [0.4, 0.5) is 0 Å². The van der Waals surface area contributed by atoms with Crippen molar-refractivity contribution in [3.8, 4) is 11.1 Å². The van der Waals surface area contributed by atoms with Crippen LogP contribution in [0.1, 0.15) is 11.3 Å². The van der Waals surface area contributed by atoms with Gasteiger partial charge in [-0.15, -0.1) is 0 Å². The van der Waals surface area contributed by atoms with E-state index < -0.39 is 0 Å². The zero-order valence-corrected chi connectivity index (χ0v) is 8.94. The molecule has 0 bridgehead atoms. The molecular weight excluding hydrogens is 188 g/mol. The number of hydrogen-bond donors (Lipinski definition) is 1. The highest BCUT2D eigenvalue weighted by Gasteiger charge is 2.05. The van der Waals surface area contributed by atoms with Gasteiger partial charge in [0.15, 0.2) is 0 Å². The first-order valence-electron chi connectivity index (χ1n) is 4.91. The van der Waals surface area contributed by atoms with Gasteiger partial charge in [0.1, 0.15) is 0 Å². The fourth-order valence-corrected chi connectivity index (χ4v) is 1.57. The minimum absolute atomic E-state index is 0.0896. The summed E-state index contributed by atoms with van der Waals surface area (Å²) in [5.41, 5.74) is 4.35. The fourth-order valence-electron chi connectivity index (χ4n) is 1.57. The van der Waals surface area contributed by atoms with E-state index >= 15 is 0 Å². The number of nitrogens with zero attached hydrogens (tertiary/aromatic N) is 2. The van der Waals surface area contributed by atoms with Gasteiger partial charge in [0.2, 0.25) is 0 Å². The van der Waals surface area contributed by atoms with Gasteiger partial charge < -0.3 is 5.11 Å². The Hall–Kier alpha value is -1.61. The molecule has 2 rings (SSSR count). The van der Waals surface area contributed by atoms with E-state index in [9.17, 15) is 0 Å². The van der Waals surface area contributed by atoms with Crippen LogP contribution in [0, 0.1) is 6.92 Å². The monoisotopic (exact) mass is 202 g/mol. The molecule has 1 aromatic carbocycles. The zero-order valence-electron chi connectivity index (χ0n) is 8.94. The Labute approximate surface area is 89.0 Å². The highest BCUT2D eigenvalue weighted by Crippen LogP contribution is 2.22. The van der Waals surface area contributed by atoms with Gasteiger partial charge in [0.05, 0.1) is 12.8 Å². The summed E-state index contributed by atoms with van der Waals surface area (Å²) >= 11 is 0. The maximum atomic E-state index is 8.94. The summed E-state index contributed by atoms with van der Waals surface area (Å²) < 4.78 is 1.86. The maximum absolute atomic E-state index is 8.94. The van der Waals surface area contributed by atoms with Crippen molar-refractivity contribution in [1.29, 1.82) is 0 Å². The highest BCUT2D eigenvalue weighted by atomic mass is 16.3. The summed E-state index contributed by atoms with van der Waals surface area (Å²) in [6.45, 7) is 2.13. The van der Waals surface area contributed by atoms with Crippen molar-refractivity contribution in [2.24, 2.45) is 7.05 Å². The molecule has 1 heterocycles. The van der Waals surface area contributed by atoms with E-state index in [1.165, 1.54) is 0 Å². The van der Waals surface area contributed by atoms with E-state index in [2.05, 4.69) is 5.10 Å². The Bertz CT molecular complexity index is 457. The van der Waals surface area contributed by atoms with Crippen LogP contribution in [0.2, 0.25) is 0 Å². The summed E-state index contributed by atoms with van der Waals surface area (Å²) in [6, 6.07) is 7.88. The van der Waals surface area contributed by atoms with Crippen LogP contribution in [-0.2, 0) is 13.7 Å². The largest absolute Gasteiger partial charge is 0.392 e. The van der Waals surface area contributed by atoms with E-state index in [-0.39, 0.29) is 6.61 Å². The molecule has 0 saturated heterocycles. The first-order chi connectivity index (χ1) is 7.22. The molecule has 0 spiro atoms. The molecule has 0 fully saturated rings. The standard InChI is InChI=1S/C12H14N2O/c1-9-12(7-13-14(9)2)11-5-3-10(8-15)4-6-11/h3-7,15H,8H2,1-2H3. The lowest BCUT2D eigenvalue weighted by molar-refractivity contribution is 0.282. The molecular formula is C12H14N2O. The Balaban J connectivity index is 2.41. The van der Waals surface area contributed by atoms with Crippen molar-refractivity contribution in [3.63, 3.8) is 0 Å². The Morgan fingerprint density at radius 1 is 1.27 bits per heavy atom. The molecule has 0 aliphatic rings. The van der Waals surface area contributed by atoms with Crippen LogP contribution in [0.25, 0.3) is 11.1 Å². The van der Waals surface area contributed by atoms with Gasteiger partial charge in [-0.05, 0) is 18.1 Å². The molecule has 3 nitrogen and oxygen atoms in total. The molecule has 0 unspecified atom stereocenters. The second-order valence-corrected chi connectivity index (χ2v) is 3.62. The fraction of sp³-hybridized carbons (Fsp3) is 0.250.